The molecule has 0 unspecified atom stereocenters. The number of nitrogens with one attached hydrogen (secondary N) is 1. The van der Waals surface area contributed by atoms with E-state index in [2.05, 4.69) is 43.4 Å². The number of benzene rings is 2. The van der Waals surface area contributed by atoms with Gasteiger partial charge in [-0.05, 0) is 42.3 Å². The Morgan fingerprint density at radius 1 is 1.18 bits per heavy atom. The summed E-state index contributed by atoms with van der Waals surface area (Å²) >= 11 is 4.77. The lowest BCUT2D eigenvalue weighted by atomic mass is 10.0. The van der Waals surface area contributed by atoms with Gasteiger partial charge in [0.15, 0.2) is 0 Å². The molecule has 2 aromatic carbocycles. The number of fused-ring (bicyclic) bond motifs is 1. The number of halogens is 3. The summed E-state index contributed by atoms with van der Waals surface area (Å²) in [5.74, 6) is -0.114. The molecule has 1 N–H and O–H groups in total. The van der Waals surface area contributed by atoms with Crippen LogP contribution in [0, 0.1) is 5.92 Å². The van der Waals surface area contributed by atoms with Gasteiger partial charge in [-0.1, -0.05) is 13.8 Å². The summed E-state index contributed by atoms with van der Waals surface area (Å²) in [4.78, 5) is 25.7. The Morgan fingerprint density at radius 3 is 2.52 bits per heavy atom. The molecule has 0 atom stereocenters. The highest BCUT2D eigenvalue weighted by molar-refractivity contribution is 6.20. The van der Waals surface area contributed by atoms with Crippen LogP contribution in [-0.2, 0) is 6.54 Å². The van der Waals surface area contributed by atoms with Crippen molar-refractivity contribution in [3.05, 3.63) is 67.0 Å². The van der Waals surface area contributed by atoms with Crippen LogP contribution in [-0.4, -0.2) is 31.0 Å². The molecule has 0 aliphatic heterocycles. The Balaban J connectivity index is 1.67. The topological polar surface area (TPSA) is 81.9 Å². The van der Waals surface area contributed by atoms with Crippen molar-refractivity contribution in [1.82, 2.24) is 19.5 Å². The van der Waals surface area contributed by atoms with Gasteiger partial charge in [0, 0.05) is 52.9 Å². The molecule has 10 heteroatoms. The fourth-order valence-electron chi connectivity index (χ4n) is 3.47. The molecule has 4 aromatic rings. The summed E-state index contributed by atoms with van der Waals surface area (Å²) in [6.45, 7) is 4.99. The van der Waals surface area contributed by atoms with Crippen molar-refractivity contribution >= 4 is 34.2 Å². The smallest absolute Gasteiger partial charge is 0.420 e. The lowest BCUT2D eigenvalue weighted by molar-refractivity contribution is -0.0964. The van der Waals surface area contributed by atoms with E-state index in [4.69, 9.17) is 11.6 Å². The van der Waals surface area contributed by atoms with Gasteiger partial charge in [0.25, 0.3) is 5.91 Å². The number of hydrogen-bond acceptors (Lipinski definition) is 5. The lowest BCUT2D eigenvalue weighted by Crippen LogP contribution is -2.16. The quantitative estimate of drug-likeness (QED) is 0.356. The number of carbonyl (C=O) groups is 1. The summed E-state index contributed by atoms with van der Waals surface area (Å²) in [5.41, 5.74) is 0.0601. The van der Waals surface area contributed by atoms with E-state index in [0.717, 1.165) is 23.2 Å². The van der Waals surface area contributed by atoms with Crippen LogP contribution in [0.15, 0.2) is 61.4 Å². The summed E-state index contributed by atoms with van der Waals surface area (Å²) in [5, 5.41) is 2.75. The first-order chi connectivity index (χ1) is 15.7. The summed E-state index contributed by atoms with van der Waals surface area (Å²) in [6.07, 6.45) is 6.56. The van der Waals surface area contributed by atoms with Gasteiger partial charge in [-0.15, -0.1) is 8.78 Å². The number of anilines is 1. The third kappa shape index (κ3) is 5.43. The predicted octanol–water partition coefficient (Wildman–Crippen LogP) is 5.57. The fourth-order valence-corrected chi connectivity index (χ4v) is 3.56. The molecule has 0 spiro atoms. The molecule has 0 saturated heterocycles. The van der Waals surface area contributed by atoms with Crippen LogP contribution in [0.5, 0.6) is 5.75 Å². The first kappa shape index (κ1) is 22.6. The van der Waals surface area contributed by atoms with Crippen molar-refractivity contribution in [1.29, 1.82) is 0 Å². The van der Waals surface area contributed by atoms with E-state index < -0.39 is 5.57 Å². The molecule has 7 nitrogen and oxygen atoms in total. The second kappa shape index (κ2) is 9.11. The third-order valence-corrected chi connectivity index (χ3v) is 4.83. The second-order valence-corrected chi connectivity index (χ2v) is 8.28. The molecule has 0 aliphatic rings. The minimum absolute atomic E-state index is 0.128. The van der Waals surface area contributed by atoms with Crippen molar-refractivity contribution < 1.29 is 18.3 Å². The fraction of sp³-hybridized carbons (Fsp3) is 0.217. The predicted molar refractivity (Wildman–Crippen MR) is 121 cm³/mol. The standard InChI is InChI=1S/C23H20ClF2N5O2/c1-14(2)11-31-13-29-20-8-15(7-19(21(20)31)16-9-27-12-28-10-16)22(32)30-17-3-5-18(6-4-17)33-23(24,25)26/h3-10,12-14H,11H2,1-2H3,(H,30,32). The van der Waals surface area contributed by atoms with Gasteiger partial charge in [-0.2, -0.15) is 0 Å². The van der Waals surface area contributed by atoms with Crippen LogP contribution in [0.25, 0.3) is 22.2 Å². The average Bonchev–Trinajstić information content (AvgIpc) is 3.16. The Labute approximate surface area is 193 Å². The van der Waals surface area contributed by atoms with Crippen molar-refractivity contribution in [3.63, 3.8) is 0 Å². The van der Waals surface area contributed by atoms with Crippen molar-refractivity contribution in [2.75, 3.05) is 5.32 Å². The van der Waals surface area contributed by atoms with E-state index in [1.165, 1.54) is 30.6 Å². The SMILES string of the molecule is CC(C)Cn1cnc2cc(C(=O)Nc3ccc(OC(F)(F)Cl)cc3)cc(-c3cncnc3)c21. The molecule has 33 heavy (non-hydrogen) atoms. The van der Waals surface area contributed by atoms with Gasteiger partial charge < -0.3 is 14.6 Å². The molecule has 0 aliphatic carbocycles. The molecule has 0 saturated carbocycles. The van der Waals surface area contributed by atoms with E-state index in [-0.39, 0.29) is 11.7 Å². The van der Waals surface area contributed by atoms with E-state index >= 15 is 0 Å². The number of hydrogen-bond donors (Lipinski definition) is 1. The number of alkyl halides is 3. The minimum Gasteiger partial charge on any atom is -0.420 e. The molecule has 0 radical (unpaired) electrons. The maximum Gasteiger partial charge on any atom is 0.487 e. The van der Waals surface area contributed by atoms with Gasteiger partial charge in [0.2, 0.25) is 0 Å². The Kier molecular flexibility index (Phi) is 6.24. The maximum absolute atomic E-state index is 13.0. The van der Waals surface area contributed by atoms with Gasteiger partial charge in [-0.3, -0.25) is 4.79 Å². The van der Waals surface area contributed by atoms with Crippen molar-refractivity contribution in [2.24, 2.45) is 5.92 Å². The zero-order chi connectivity index (χ0) is 23.6. The molecule has 0 fully saturated rings. The van der Waals surface area contributed by atoms with Crippen LogP contribution < -0.4 is 10.1 Å². The molecular weight excluding hydrogens is 452 g/mol. The number of nitrogens with zero attached hydrogens (tertiary/aromatic N) is 4. The average molecular weight is 472 g/mol. The summed E-state index contributed by atoms with van der Waals surface area (Å²) < 4.78 is 31.9. The molecule has 1 amide bonds. The lowest BCUT2D eigenvalue weighted by Gasteiger charge is -2.13. The van der Waals surface area contributed by atoms with Crippen LogP contribution in [0.4, 0.5) is 14.5 Å². The molecule has 170 valence electrons. The minimum atomic E-state index is -3.81. The highest BCUT2D eigenvalue weighted by Gasteiger charge is 2.27. The maximum atomic E-state index is 13.0. The largest absolute Gasteiger partial charge is 0.487 e. The monoisotopic (exact) mass is 471 g/mol. The van der Waals surface area contributed by atoms with Crippen LogP contribution in [0.1, 0.15) is 24.2 Å². The van der Waals surface area contributed by atoms with E-state index in [9.17, 15) is 13.6 Å². The second-order valence-electron chi connectivity index (χ2n) is 7.84. The van der Waals surface area contributed by atoms with Gasteiger partial charge in [0.1, 0.15) is 12.1 Å². The molecule has 2 aromatic heterocycles. The van der Waals surface area contributed by atoms with Crippen molar-refractivity contribution in [2.45, 2.75) is 26.0 Å². The van der Waals surface area contributed by atoms with Crippen LogP contribution >= 0.6 is 11.6 Å². The van der Waals surface area contributed by atoms with Crippen molar-refractivity contribution in [3.8, 4) is 16.9 Å². The first-order valence-corrected chi connectivity index (χ1v) is 10.5. The summed E-state index contributed by atoms with van der Waals surface area (Å²) in [6, 6.07) is 8.93. The van der Waals surface area contributed by atoms with E-state index in [0.29, 0.717) is 22.7 Å². The highest BCUT2D eigenvalue weighted by Crippen LogP contribution is 2.31. The van der Waals surface area contributed by atoms with Gasteiger partial charge in [0.05, 0.1) is 17.4 Å². The molecule has 0 bridgehead atoms. The molecule has 4 rings (SSSR count). The zero-order valence-electron chi connectivity index (χ0n) is 17.8. The number of rotatable bonds is 7. The van der Waals surface area contributed by atoms with Gasteiger partial charge >= 0.3 is 5.57 Å². The Hall–Kier alpha value is -3.59. The third-order valence-electron chi connectivity index (χ3n) is 4.75. The summed E-state index contributed by atoms with van der Waals surface area (Å²) in [7, 11) is 0. The number of carbonyl (C=O) groups excluding carboxylic acids is 1. The Bertz CT molecular complexity index is 1270. The number of imidazole rings is 1. The van der Waals surface area contributed by atoms with E-state index in [1.54, 1.807) is 30.9 Å². The number of ether oxygens (including phenoxy) is 1. The first-order valence-electron chi connectivity index (χ1n) is 10.1. The van der Waals surface area contributed by atoms with Gasteiger partial charge in [-0.25, -0.2) is 15.0 Å². The Morgan fingerprint density at radius 2 is 1.88 bits per heavy atom. The number of aromatic nitrogens is 4. The van der Waals surface area contributed by atoms with Crippen LogP contribution in [0.3, 0.4) is 0 Å². The normalized spacial score (nSPS) is 11.7. The zero-order valence-corrected chi connectivity index (χ0v) is 18.6. The van der Waals surface area contributed by atoms with E-state index in [1.807, 2.05) is 0 Å². The highest BCUT2D eigenvalue weighted by atomic mass is 35.5. The van der Waals surface area contributed by atoms with Crippen LogP contribution in [0.2, 0.25) is 0 Å². The number of amides is 1. The molecular formula is C23H20ClF2N5O2. The molecule has 2 heterocycles.